The van der Waals surface area contributed by atoms with Crippen LogP contribution in [-0.4, -0.2) is 19.7 Å². The molecule has 0 amide bonds. The van der Waals surface area contributed by atoms with Crippen LogP contribution in [-0.2, 0) is 6.42 Å². The molecule has 0 saturated heterocycles. The van der Waals surface area contributed by atoms with Crippen molar-refractivity contribution < 1.29 is 4.74 Å². The minimum atomic E-state index is 0.276. The predicted octanol–water partition coefficient (Wildman–Crippen LogP) is 3.58. The Morgan fingerprint density at radius 1 is 1.10 bits per heavy atom. The van der Waals surface area contributed by atoms with Crippen LogP contribution in [0, 0.1) is 6.92 Å². The van der Waals surface area contributed by atoms with E-state index in [0.717, 1.165) is 25.1 Å². The molecule has 1 aliphatic heterocycles. The number of nitrogens with one attached hydrogen (secondary N) is 1. The van der Waals surface area contributed by atoms with Gasteiger partial charge in [0, 0.05) is 12.1 Å². The average Bonchev–Trinajstić information content (AvgIpc) is 2.48. The van der Waals surface area contributed by atoms with Crippen molar-refractivity contribution in [3.63, 3.8) is 0 Å². The third kappa shape index (κ3) is 2.44. The van der Waals surface area contributed by atoms with Crippen molar-refractivity contribution in [3.05, 3.63) is 53.6 Å². The maximum atomic E-state index is 6.25. The van der Waals surface area contributed by atoms with E-state index in [0.29, 0.717) is 0 Å². The van der Waals surface area contributed by atoms with Crippen molar-refractivity contribution in [1.82, 2.24) is 5.32 Å². The SMILES string of the molecule is CNC[C@@H]1CCc2cccc(-c3ccccc3C)c2O1. The van der Waals surface area contributed by atoms with Gasteiger partial charge in [0.2, 0.25) is 0 Å². The molecule has 1 aliphatic rings. The zero-order valence-corrected chi connectivity index (χ0v) is 12.1. The van der Waals surface area contributed by atoms with Crippen LogP contribution < -0.4 is 10.1 Å². The van der Waals surface area contributed by atoms with Crippen LogP contribution in [0.1, 0.15) is 17.5 Å². The smallest absolute Gasteiger partial charge is 0.130 e. The molecule has 2 nitrogen and oxygen atoms in total. The molecule has 0 fully saturated rings. The summed E-state index contributed by atoms with van der Waals surface area (Å²) in [5.74, 6) is 1.08. The van der Waals surface area contributed by atoms with Crippen molar-refractivity contribution in [2.75, 3.05) is 13.6 Å². The Morgan fingerprint density at radius 3 is 2.70 bits per heavy atom. The molecule has 1 atom stereocenters. The molecule has 2 heteroatoms. The summed E-state index contributed by atoms with van der Waals surface area (Å²) in [5.41, 5.74) is 5.12. The maximum absolute atomic E-state index is 6.25. The van der Waals surface area contributed by atoms with Gasteiger partial charge in [-0.1, -0.05) is 42.5 Å². The van der Waals surface area contributed by atoms with Crippen molar-refractivity contribution in [2.45, 2.75) is 25.9 Å². The van der Waals surface area contributed by atoms with E-state index in [9.17, 15) is 0 Å². The van der Waals surface area contributed by atoms with Gasteiger partial charge in [0.1, 0.15) is 11.9 Å². The van der Waals surface area contributed by atoms with Crippen molar-refractivity contribution in [2.24, 2.45) is 0 Å². The number of likely N-dealkylation sites (N-methyl/N-ethyl adjacent to an activating group) is 1. The van der Waals surface area contributed by atoms with Gasteiger partial charge in [-0.2, -0.15) is 0 Å². The predicted molar refractivity (Wildman–Crippen MR) is 83.3 cm³/mol. The summed E-state index contributed by atoms with van der Waals surface area (Å²) >= 11 is 0. The normalized spacial score (nSPS) is 17.4. The molecular formula is C18H21NO. The topological polar surface area (TPSA) is 21.3 Å². The first kappa shape index (κ1) is 13.2. The minimum absolute atomic E-state index is 0.276. The second-order valence-corrected chi connectivity index (χ2v) is 5.44. The van der Waals surface area contributed by atoms with Gasteiger partial charge in [-0.15, -0.1) is 0 Å². The summed E-state index contributed by atoms with van der Waals surface area (Å²) in [4.78, 5) is 0. The first-order valence-electron chi connectivity index (χ1n) is 7.28. The van der Waals surface area contributed by atoms with E-state index in [2.05, 4.69) is 54.7 Å². The van der Waals surface area contributed by atoms with Crippen LogP contribution in [0.15, 0.2) is 42.5 Å². The molecule has 20 heavy (non-hydrogen) atoms. The van der Waals surface area contributed by atoms with Crippen LogP contribution in [0.2, 0.25) is 0 Å². The number of rotatable bonds is 3. The van der Waals surface area contributed by atoms with E-state index in [1.807, 2.05) is 7.05 Å². The van der Waals surface area contributed by atoms with Crippen molar-refractivity contribution in [1.29, 1.82) is 0 Å². The zero-order chi connectivity index (χ0) is 13.9. The highest BCUT2D eigenvalue weighted by Crippen LogP contribution is 2.38. The molecule has 0 aliphatic carbocycles. The lowest BCUT2D eigenvalue weighted by atomic mass is 9.93. The van der Waals surface area contributed by atoms with Gasteiger partial charge in [0.15, 0.2) is 0 Å². The first-order valence-corrected chi connectivity index (χ1v) is 7.28. The van der Waals surface area contributed by atoms with Gasteiger partial charge in [-0.25, -0.2) is 0 Å². The maximum Gasteiger partial charge on any atom is 0.130 e. The Morgan fingerprint density at radius 2 is 1.90 bits per heavy atom. The van der Waals surface area contributed by atoms with Gasteiger partial charge < -0.3 is 10.1 Å². The molecule has 1 N–H and O–H groups in total. The molecule has 0 unspecified atom stereocenters. The molecule has 2 aromatic carbocycles. The molecule has 0 bridgehead atoms. The molecule has 0 aromatic heterocycles. The largest absolute Gasteiger partial charge is 0.488 e. The van der Waals surface area contributed by atoms with Crippen LogP contribution in [0.25, 0.3) is 11.1 Å². The fourth-order valence-electron chi connectivity index (χ4n) is 2.92. The van der Waals surface area contributed by atoms with Gasteiger partial charge in [0.25, 0.3) is 0 Å². The number of para-hydroxylation sites is 1. The second kappa shape index (κ2) is 5.68. The fourth-order valence-corrected chi connectivity index (χ4v) is 2.92. The van der Waals surface area contributed by atoms with Gasteiger partial charge >= 0.3 is 0 Å². The van der Waals surface area contributed by atoms with Crippen molar-refractivity contribution in [3.8, 4) is 16.9 Å². The fraction of sp³-hybridized carbons (Fsp3) is 0.333. The Labute approximate surface area is 120 Å². The number of hydrogen-bond donors (Lipinski definition) is 1. The number of aryl methyl sites for hydroxylation is 2. The Hall–Kier alpha value is -1.80. The van der Waals surface area contributed by atoms with E-state index in [4.69, 9.17) is 4.74 Å². The van der Waals surface area contributed by atoms with E-state index >= 15 is 0 Å². The Bertz CT molecular complexity index is 606. The number of ether oxygens (including phenoxy) is 1. The van der Waals surface area contributed by atoms with Gasteiger partial charge in [0.05, 0.1) is 0 Å². The van der Waals surface area contributed by atoms with Gasteiger partial charge in [-0.05, 0) is 43.5 Å². The molecule has 104 valence electrons. The van der Waals surface area contributed by atoms with Crippen molar-refractivity contribution >= 4 is 0 Å². The third-order valence-corrected chi connectivity index (χ3v) is 3.98. The second-order valence-electron chi connectivity index (χ2n) is 5.44. The highest BCUT2D eigenvalue weighted by Gasteiger charge is 2.22. The summed E-state index contributed by atoms with van der Waals surface area (Å²) < 4.78 is 6.25. The monoisotopic (exact) mass is 267 g/mol. The molecule has 0 saturated carbocycles. The Kier molecular flexibility index (Phi) is 3.75. The average molecular weight is 267 g/mol. The summed E-state index contributed by atoms with van der Waals surface area (Å²) in [6.07, 6.45) is 2.46. The lowest BCUT2D eigenvalue weighted by molar-refractivity contribution is 0.174. The van der Waals surface area contributed by atoms with E-state index in [1.165, 1.54) is 22.3 Å². The molecule has 3 rings (SSSR count). The summed E-state index contributed by atoms with van der Waals surface area (Å²) in [6, 6.07) is 15.0. The van der Waals surface area contributed by atoms with E-state index in [-0.39, 0.29) is 6.10 Å². The summed E-state index contributed by atoms with van der Waals surface area (Å²) in [6.45, 7) is 3.06. The van der Waals surface area contributed by atoms with E-state index in [1.54, 1.807) is 0 Å². The lowest BCUT2D eigenvalue weighted by Gasteiger charge is -2.28. The highest BCUT2D eigenvalue weighted by molar-refractivity contribution is 5.75. The van der Waals surface area contributed by atoms with E-state index < -0.39 is 0 Å². The zero-order valence-electron chi connectivity index (χ0n) is 12.1. The highest BCUT2D eigenvalue weighted by atomic mass is 16.5. The standard InChI is InChI=1S/C18H21NO/c1-13-6-3-4-8-16(13)17-9-5-7-14-10-11-15(12-19-2)20-18(14)17/h3-9,15,19H,10-12H2,1-2H3/t15-/m0/s1. The summed E-state index contributed by atoms with van der Waals surface area (Å²) in [7, 11) is 1.98. The Balaban J connectivity index is 2.04. The first-order chi connectivity index (χ1) is 9.79. The molecule has 0 radical (unpaired) electrons. The van der Waals surface area contributed by atoms with Crippen LogP contribution in [0.5, 0.6) is 5.75 Å². The van der Waals surface area contributed by atoms with Crippen LogP contribution in [0.4, 0.5) is 0 Å². The molecule has 2 aromatic rings. The molecular weight excluding hydrogens is 246 g/mol. The molecule has 0 spiro atoms. The third-order valence-electron chi connectivity index (χ3n) is 3.98. The van der Waals surface area contributed by atoms with Gasteiger partial charge in [-0.3, -0.25) is 0 Å². The minimum Gasteiger partial charge on any atom is -0.488 e. The molecule has 1 heterocycles. The van der Waals surface area contributed by atoms with Crippen LogP contribution in [0.3, 0.4) is 0 Å². The number of benzene rings is 2. The quantitative estimate of drug-likeness (QED) is 0.918. The lowest BCUT2D eigenvalue weighted by Crippen LogP contribution is -2.32. The number of fused-ring (bicyclic) bond motifs is 1. The number of hydrogen-bond acceptors (Lipinski definition) is 2. The summed E-state index contributed by atoms with van der Waals surface area (Å²) in [5, 5.41) is 3.21. The van der Waals surface area contributed by atoms with Crippen LogP contribution >= 0.6 is 0 Å².